The summed E-state index contributed by atoms with van der Waals surface area (Å²) in [5, 5.41) is 0. The molecule has 0 bridgehead atoms. The molecule has 0 N–H and O–H groups in total. The van der Waals surface area contributed by atoms with Gasteiger partial charge < -0.3 is 34.5 Å². The molecule has 0 unspecified atom stereocenters. The van der Waals surface area contributed by atoms with Crippen LogP contribution in [0.3, 0.4) is 0 Å². The standard InChI is InChI=1S/2BF4.Mn/c2*2-1(3,4)5;/q2*-1;+2. The van der Waals surface area contributed by atoms with Gasteiger partial charge in [-0.1, -0.05) is 0 Å². The molecule has 69 valence electrons. The SMILES string of the molecule is F[B-](F)(F)F.F[B-](F)(F)F.[Mn+2]. The van der Waals surface area contributed by atoms with Gasteiger partial charge in [-0.05, 0) is 0 Å². The molecule has 0 heterocycles. The van der Waals surface area contributed by atoms with E-state index in [9.17, 15) is 34.5 Å². The van der Waals surface area contributed by atoms with E-state index in [2.05, 4.69) is 0 Å². The number of hydrogen-bond donors (Lipinski definition) is 0. The second-order valence-electron chi connectivity index (χ2n) is 0.990. The molecule has 0 fully saturated rings. The van der Waals surface area contributed by atoms with Crippen molar-refractivity contribution in [1.82, 2.24) is 0 Å². The van der Waals surface area contributed by atoms with Gasteiger partial charge >= 0.3 is 31.6 Å². The van der Waals surface area contributed by atoms with Gasteiger partial charge in [0.1, 0.15) is 0 Å². The molecule has 0 aromatic heterocycles. The first-order valence-electron chi connectivity index (χ1n) is 1.75. The van der Waals surface area contributed by atoms with Crippen molar-refractivity contribution >= 4 is 14.5 Å². The van der Waals surface area contributed by atoms with E-state index in [0.29, 0.717) is 0 Å². The Morgan fingerprint density at radius 2 is 0.455 bits per heavy atom. The molecule has 0 nitrogen and oxygen atoms in total. The van der Waals surface area contributed by atoms with Crippen LogP contribution in [0.2, 0.25) is 0 Å². The van der Waals surface area contributed by atoms with Gasteiger partial charge in [0.05, 0.1) is 0 Å². The zero-order valence-corrected chi connectivity index (χ0v) is 5.74. The van der Waals surface area contributed by atoms with Crippen molar-refractivity contribution in [1.29, 1.82) is 0 Å². The normalized spacial score (nSPS) is 10.9. The first-order valence-corrected chi connectivity index (χ1v) is 1.75. The van der Waals surface area contributed by atoms with Crippen LogP contribution in [0.15, 0.2) is 0 Å². The van der Waals surface area contributed by atoms with E-state index < -0.39 is 14.5 Å². The summed E-state index contributed by atoms with van der Waals surface area (Å²) in [6, 6.07) is 0. The summed E-state index contributed by atoms with van der Waals surface area (Å²) in [4.78, 5) is 0. The Bertz CT molecular complexity index is 55.1. The average Bonchev–Trinajstić information content (AvgIpc) is 1.12. The number of hydrogen-bond acceptors (Lipinski definition) is 0. The second kappa shape index (κ2) is 5.70. The van der Waals surface area contributed by atoms with E-state index in [0.717, 1.165) is 0 Å². The predicted molar refractivity (Wildman–Crippen MR) is 20.4 cm³/mol. The summed E-state index contributed by atoms with van der Waals surface area (Å²) >= 11 is 0. The van der Waals surface area contributed by atoms with Crippen molar-refractivity contribution in [3.8, 4) is 0 Å². The Morgan fingerprint density at radius 1 is 0.455 bits per heavy atom. The maximum atomic E-state index is 9.75. The van der Waals surface area contributed by atoms with Crippen molar-refractivity contribution in [3.63, 3.8) is 0 Å². The molecule has 0 atom stereocenters. The largest absolute Gasteiger partial charge is 2.00 e. The molecule has 0 aliphatic heterocycles. The van der Waals surface area contributed by atoms with Crippen LogP contribution in [0, 0.1) is 0 Å². The van der Waals surface area contributed by atoms with Crippen molar-refractivity contribution in [2.24, 2.45) is 0 Å². The number of halogens is 8. The fraction of sp³-hybridized carbons (Fsp3) is 0. The number of rotatable bonds is 0. The summed E-state index contributed by atoms with van der Waals surface area (Å²) in [6.45, 7) is 0. The minimum Gasteiger partial charge on any atom is -0.418 e. The maximum absolute atomic E-state index is 9.75. The van der Waals surface area contributed by atoms with Crippen molar-refractivity contribution in [3.05, 3.63) is 0 Å². The van der Waals surface area contributed by atoms with Gasteiger partial charge in [0.2, 0.25) is 0 Å². The Labute approximate surface area is 67.0 Å². The molecule has 0 aliphatic carbocycles. The van der Waals surface area contributed by atoms with Crippen LogP contribution in [0.4, 0.5) is 34.5 Å². The minimum absolute atomic E-state index is 0. The quantitative estimate of drug-likeness (QED) is 0.442. The molecular formula is B2F8Mn. The third kappa shape index (κ3) is 82700. The van der Waals surface area contributed by atoms with Gasteiger partial charge in [-0.3, -0.25) is 0 Å². The molecule has 0 spiro atoms. The maximum Gasteiger partial charge on any atom is 2.00 e. The molecular weight excluding hydrogens is 229 g/mol. The summed E-state index contributed by atoms with van der Waals surface area (Å²) in [7, 11) is -12.0. The van der Waals surface area contributed by atoms with Crippen molar-refractivity contribution in [2.45, 2.75) is 0 Å². The minimum atomic E-state index is -6.00. The third-order valence-corrected chi connectivity index (χ3v) is 0. The molecule has 0 rings (SSSR count). The first kappa shape index (κ1) is 17.3. The van der Waals surface area contributed by atoms with Crippen molar-refractivity contribution in [2.75, 3.05) is 0 Å². The van der Waals surface area contributed by atoms with Gasteiger partial charge in [-0.2, -0.15) is 0 Å². The van der Waals surface area contributed by atoms with Crippen LogP contribution in [0.25, 0.3) is 0 Å². The van der Waals surface area contributed by atoms with Gasteiger partial charge in [0.15, 0.2) is 0 Å². The molecule has 0 aromatic rings. The van der Waals surface area contributed by atoms with Crippen LogP contribution in [0.5, 0.6) is 0 Å². The molecule has 11 heteroatoms. The van der Waals surface area contributed by atoms with Crippen molar-refractivity contribution < 1.29 is 51.6 Å². The van der Waals surface area contributed by atoms with E-state index in [1.165, 1.54) is 0 Å². The first-order chi connectivity index (χ1) is 4.00. The molecule has 1 radical (unpaired) electrons. The summed E-state index contributed by atoms with van der Waals surface area (Å²) in [6.07, 6.45) is 0. The van der Waals surface area contributed by atoms with E-state index in [-0.39, 0.29) is 17.1 Å². The monoisotopic (exact) mass is 229 g/mol. The molecule has 0 amide bonds. The molecule has 0 saturated carbocycles. The van der Waals surface area contributed by atoms with Gasteiger partial charge in [-0.25, -0.2) is 0 Å². The third-order valence-electron chi connectivity index (χ3n) is 0. The Hall–Kier alpha value is 0.0894. The van der Waals surface area contributed by atoms with Crippen LogP contribution < -0.4 is 0 Å². The average molecular weight is 229 g/mol. The van der Waals surface area contributed by atoms with Crippen LogP contribution in [0.1, 0.15) is 0 Å². The molecule has 0 aliphatic rings. The van der Waals surface area contributed by atoms with Crippen LogP contribution >= 0.6 is 0 Å². The van der Waals surface area contributed by atoms with Gasteiger partial charge in [0, 0.05) is 0 Å². The molecule has 0 saturated heterocycles. The zero-order chi connectivity index (χ0) is 9.00. The predicted octanol–water partition coefficient (Wildman–Crippen LogP) is 2.60. The fourth-order valence-corrected chi connectivity index (χ4v) is 0. The Balaban J connectivity index is -0.000000107. The van der Waals surface area contributed by atoms with Crippen LogP contribution in [-0.4, -0.2) is 14.5 Å². The summed E-state index contributed by atoms with van der Waals surface area (Å²) in [5.74, 6) is 0. The van der Waals surface area contributed by atoms with E-state index >= 15 is 0 Å². The Morgan fingerprint density at radius 3 is 0.455 bits per heavy atom. The van der Waals surface area contributed by atoms with E-state index in [1.54, 1.807) is 0 Å². The second-order valence-corrected chi connectivity index (χ2v) is 0.990. The zero-order valence-electron chi connectivity index (χ0n) is 4.56. The molecule has 0 aromatic carbocycles. The van der Waals surface area contributed by atoms with Gasteiger partial charge in [-0.15, -0.1) is 0 Å². The van der Waals surface area contributed by atoms with Crippen LogP contribution in [-0.2, 0) is 17.1 Å². The van der Waals surface area contributed by atoms with Gasteiger partial charge in [0.25, 0.3) is 0 Å². The Kier molecular flexibility index (Phi) is 8.94. The molecule has 11 heavy (non-hydrogen) atoms. The summed E-state index contributed by atoms with van der Waals surface area (Å²) < 4.78 is 78.0. The van der Waals surface area contributed by atoms with E-state index in [4.69, 9.17) is 0 Å². The smallest absolute Gasteiger partial charge is 0.418 e. The van der Waals surface area contributed by atoms with E-state index in [1.807, 2.05) is 0 Å². The summed E-state index contributed by atoms with van der Waals surface area (Å²) in [5.41, 5.74) is 0. The topological polar surface area (TPSA) is 0 Å². The fourth-order valence-electron chi connectivity index (χ4n) is 0.